The van der Waals surface area contributed by atoms with Crippen LogP contribution in [0.4, 0.5) is 0 Å². The van der Waals surface area contributed by atoms with Crippen LogP contribution in [-0.2, 0) is 0 Å². The van der Waals surface area contributed by atoms with Gasteiger partial charge in [0.2, 0.25) is 0 Å². The Kier molecular flexibility index (Phi) is 5.00. The largest absolute Gasteiger partial charge is 0.312 e. The van der Waals surface area contributed by atoms with E-state index in [9.17, 15) is 0 Å². The number of rotatable bonds is 5. The Morgan fingerprint density at radius 3 is 2.47 bits per heavy atom. The number of hydrogen-bond donors (Lipinski definition) is 1. The van der Waals surface area contributed by atoms with Crippen LogP contribution in [0, 0.1) is 0 Å². The van der Waals surface area contributed by atoms with E-state index in [1.165, 1.54) is 30.5 Å². The molecule has 19 heavy (non-hydrogen) atoms. The molecular weight excluding hydrogens is 232 g/mol. The second kappa shape index (κ2) is 6.53. The van der Waals surface area contributed by atoms with E-state index >= 15 is 0 Å². The zero-order chi connectivity index (χ0) is 13.8. The van der Waals surface area contributed by atoms with Crippen molar-refractivity contribution in [2.75, 3.05) is 20.1 Å². The fraction of sp³-hybridized carbons (Fsp3) is 0.647. The highest BCUT2D eigenvalue weighted by Gasteiger charge is 2.34. The lowest BCUT2D eigenvalue weighted by atomic mass is 9.77. The molecule has 0 spiro atoms. The van der Waals surface area contributed by atoms with Crippen molar-refractivity contribution in [3.05, 3.63) is 35.4 Å². The summed E-state index contributed by atoms with van der Waals surface area (Å²) in [5.41, 5.74) is 3.04. The summed E-state index contributed by atoms with van der Waals surface area (Å²) >= 11 is 0. The maximum absolute atomic E-state index is 3.56. The van der Waals surface area contributed by atoms with Crippen LogP contribution in [0.15, 0.2) is 24.3 Å². The summed E-state index contributed by atoms with van der Waals surface area (Å²) in [5, 5.41) is 3.56. The average molecular weight is 260 g/mol. The zero-order valence-corrected chi connectivity index (χ0v) is 12.8. The van der Waals surface area contributed by atoms with Gasteiger partial charge in [0.05, 0.1) is 0 Å². The number of likely N-dealkylation sites (N-methyl/N-ethyl adjacent to an activating group) is 2. The SMILES string of the molecule is CCCN(CC)C1CC(C)c2ccccc2C1NC. The molecule has 0 heterocycles. The lowest BCUT2D eigenvalue weighted by Gasteiger charge is -2.43. The Morgan fingerprint density at radius 2 is 1.89 bits per heavy atom. The molecule has 1 aliphatic rings. The lowest BCUT2D eigenvalue weighted by Crippen LogP contribution is -2.47. The van der Waals surface area contributed by atoms with Crippen molar-refractivity contribution in [3.63, 3.8) is 0 Å². The van der Waals surface area contributed by atoms with Gasteiger partial charge in [-0.3, -0.25) is 4.90 Å². The molecule has 1 aliphatic carbocycles. The van der Waals surface area contributed by atoms with E-state index in [-0.39, 0.29) is 0 Å². The molecule has 2 heteroatoms. The highest BCUT2D eigenvalue weighted by Crippen LogP contribution is 2.39. The van der Waals surface area contributed by atoms with Crippen LogP contribution in [0.3, 0.4) is 0 Å². The first-order valence-corrected chi connectivity index (χ1v) is 7.73. The van der Waals surface area contributed by atoms with E-state index in [0.29, 0.717) is 18.0 Å². The normalized spacial score (nSPS) is 26.5. The minimum absolute atomic E-state index is 0.471. The zero-order valence-electron chi connectivity index (χ0n) is 12.8. The van der Waals surface area contributed by atoms with Crippen LogP contribution < -0.4 is 5.32 Å². The topological polar surface area (TPSA) is 15.3 Å². The van der Waals surface area contributed by atoms with Crippen LogP contribution >= 0.6 is 0 Å². The molecule has 0 aromatic heterocycles. The van der Waals surface area contributed by atoms with Crippen molar-refractivity contribution in [2.45, 2.75) is 51.6 Å². The van der Waals surface area contributed by atoms with Crippen molar-refractivity contribution >= 4 is 0 Å². The molecule has 0 saturated heterocycles. The molecule has 3 unspecified atom stereocenters. The van der Waals surface area contributed by atoms with E-state index < -0.39 is 0 Å². The van der Waals surface area contributed by atoms with Crippen LogP contribution in [0.1, 0.15) is 56.7 Å². The second-order valence-electron chi connectivity index (χ2n) is 5.73. The molecule has 0 aliphatic heterocycles. The van der Waals surface area contributed by atoms with Crippen LogP contribution in [0.2, 0.25) is 0 Å². The third kappa shape index (κ3) is 2.85. The van der Waals surface area contributed by atoms with Gasteiger partial charge in [0.15, 0.2) is 0 Å². The fourth-order valence-corrected chi connectivity index (χ4v) is 3.63. The molecule has 0 fully saturated rings. The Hall–Kier alpha value is -0.860. The van der Waals surface area contributed by atoms with Gasteiger partial charge in [-0.05, 0) is 50.0 Å². The summed E-state index contributed by atoms with van der Waals surface area (Å²) in [5.74, 6) is 0.664. The van der Waals surface area contributed by atoms with Gasteiger partial charge in [-0.15, -0.1) is 0 Å². The van der Waals surface area contributed by atoms with Crippen LogP contribution in [0.5, 0.6) is 0 Å². The molecule has 2 rings (SSSR count). The molecule has 0 saturated carbocycles. The van der Waals surface area contributed by atoms with Gasteiger partial charge in [0, 0.05) is 12.1 Å². The summed E-state index contributed by atoms with van der Waals surface area (Å²) in [6.45, 7) is 9.28. The van der Waals surface area contributed by atoms with Crippen LogP contribution in [0.25, 0.3) is 0 Å². The van der Waals surface area contributed by atoms with Crippen molar-refractivity contribution in [3.8, 4) is 0 Å². The molecule has 1 N–H and O–H groups in total. The number of nitrogens with one attached hydrogen (secondary N) is 1. The van der Waals surface area contributed by atoms with Gasteiger partial charge < -0.3 is 5.32 Å². The summed E-state index contributed by atoms with van der Waals surface area (Å²) in [7, 11) is 2.10. The average Bonchev–Trinajstić information content (AvgIpc) is 2.45. The van der Waals surface area contributed by atoms with E-state index in [4.69, 9.17) is 0 Å². The van der Waals surface area contributed by atoms with Crippen molar-refractivity contribution in [1.82, 2.24) is 10.2 Å². The van der Waals surface area contributed by atoms with E-state index in [2.05, 4.69) is 62.3 Å². The maximum Gasteiger partial charge on any atom is 0.0478 e. The smallest absolute Gasteiger partial charge is 0.0478 e. The monoisotopic (exact) mass is 260 g/mol. The minimum Gasteiger partial charge on any atom is -0.312 e. The highest BCUT2D eigenvalue weighted by molar-refractivity contribution is 5.36. The number of benzene rings is 1. The number of fused-ring (bicyclic) bond motifs is 1. The molecule has 2 nitrogen and oxygen atoms in total. The highest BCUT2D eigenvalue weighted by atomic mass is 15.2. The predicted octanol–water partition coefficient (Wildman–Crippen LogP) is 3.55. The Balaban J connectivity index is 2.32. The third-order valence-electron chi connectivity index (χ3n) is 4.54. The van der Waals surface area contributed by atoms with E-state index in [1.807, 2.05) is 0 Å². The molecule has 3 atom stereocenters. The van der Waals surface area contributed by atoms with Gasteiger partial charge >= 0.3 is 0 Å². The Morgan fingerprint density at radius 1 is 1.21 bits per heavy atom. The van der Waals surface area contributed by atoms with Gasteiger partial charge in [-0.1, -0.05) is 45.0 Å². The summed E-state index contributed by atoms with van der Waals surface area (Å²) in [6, 6.07) is 10.1. The minimum atomic E-state index is 0.471. The predicted molar refractivity (Wildman–Crippen MR) is 82.6 cm³/mol. The summed E-state index contributed by atoms with van der Waals surface area (Å²) < 4.78 is 0. The van der Waals surface area contributed by atoms with E-state index in [1.54, 1.807) is 0 Å². The van der Waals surface area contributed by atoms with Gasteiger partial charge in [0.25, 0.3) is 0 Å². The number of nitrogens with zero attached hydrogens (tertiary/aromatic N) is 1. The van der Waals surface area contributed by atoms with Crippen molar-refractivity contribution < 1.29 is 0 Å². The van der Waals surface area contributed by atoms with Crippen LogP contribution in [-0.4, -0.2) is 31.1 Å². The standard InChI is InChI=1S/C17H28N2/c1-5-11-19(6-2)16-12-13(3)14-9-7-8-10-15(14)17(16)18-4/h7-10,13,16-18H,5-6,11-12H2,1-4H3. The molecule has 0 amide bonds. The quantitative estimate of drug-likeness (QED) is 0.871. The lowest BCUT2D eigenvalue weighted by molar-refractivity contribution is 0.143. The van der Waals surface area contributed by atoms with Crippen molar-refractivity contribution in [2.24, 2.45) is 0 Å². The molecule has 1 aromatic carbocycles. The summed E-state index contributed by atoms with van der Waals surface area (Å²) in [6.07, 6.45) is 2.49. The Bertz CT molecular complexity index is 402. The molecule has 0 bridgehead atoms. The summed E-state index contributed by atoms with van der Waals surface area (Å²) in [4.78, 5) is 2.65. The van der Waals surface area contributed by atoms with Gasteiger partial charge in [-0.25, -0.2) is 0 Å². The van der Waals surface area contributed by atoms with Crippen molar-refractivity contribution in [1.29, 1.82) is 0 Å². The first kappa shape index (κ1) is 14.5. The first-order valence-electron chi connectivity index (χ1n) is 7.73. The Labute approximate surface area is 118 Å². The van der Waals surface area contributed by atoms with Gasteiger partial charge in [0.1, 0.15) is 0 Å². The fourth-order valence-electron chi connectivity index (χ4n) is 3.63. The van der Waals surface area contributed by atoms with Gasteiger partial charge in [-0.2, -0.15) is 0 Å². The maximum atomic E-state index is 3.56. The second-order valence-corrected chi connectivity index (χ2v) is 5.73. The third-order valence-corrected chi connectivity index (χ3v) is 4.54. The number of hydrogen-bond acceptors (Lipinski definition) is 2. The first-order chi connectivity index (χ1) is 9.22. The van der Waals surface area contributed by atoms with E-state index in [0.717, 1.165) is 6.54 Å². The molecule has 1 aromatic rings. The molecular formula is C17H28N2. The molecule has 106 valence electrons. The molecule has 0 radical (unpaired) electrons.